The van der Waals surface area contributed by atoms with Crippen molar-refractivity contribution in [1.29, 1.82) is 0 Å². The first kappa shape index (κ1) is 20.4. The molecule has 32 heavy (non-hydrogen) atoms. The molecule has 164 valence electrons. The van der Waals surface area contributed by atoms with Gasteiger partial charge in [-0.15, -0.1) is 10.2 Å². The summed E-state index contributed by atoms with van der Waals surface area (Å²) in [5.74, 6) is 1.02. The van der Waals surface area contributed by atoms with E-state index in [1.54, 1.807) is 18.2 Å². The average molecular weight is 451 g/mol. The van der Waals surface area contributed by atoms with E-state index >= 15 is 0 Å². The molecule has 1 N–H and O–H groups in total. The van der Waals surface area contributed by atoms with E-state index in [2.05, 4.69) is 15.5 Å². The SMILES string of the molecule is O=C(Nc1ccc2c(c1)OCO2)c1nnc(C2CCCN2C(=O)CCc2ccccc2)s1. The van der Waals surface area contributed by atoms with Crippen molar-refractivity contribution in [3.05, 3.63) is 64.1 Å². The Labute approximate surface area is 189 Å². The van der Waals surface area contributed by atoms with Gasteiger partial charge in [0.25, 0.3) is 5.91 Å². The largest absolute Gasteiger partial charge is 0.454 e. The zero-order valence-electron chi connectivity index (χ0n) is 17.3. The lowest BCUT2D eigenvalue weighted by molar-refractivity contribution is -0.132. The van der Waals surface area contributed by atoms with Crippen LogP contribution in [-0.4, -0.2) is 40.2 Å². The fourth-order valence-electron chi connectivity index (χ4n) is 3.98. The molecule has 9 heteroatoms. The third kappa shape index (κ3) is 4.29. The number of ether oxygens (including phenoxy) is 2. The lowest BCUT2D eigenvalue weighted by Crippen LogP contribution is -2.30. The van der Waals surface area contributed by atoms with Gasteiger partial charge < -0.3 is 19.7 Å². The van der Waals surface area contributed by atoms with Crippen LogP contribution in [0.1, 0.15) is 45.7 Å². The Morgan fingerprint density at radius 1 is 1.09 bits per heavy atom. The van der Waals surface area contributed by atoms with Crippen molar-refractivity contribution in [2.75, 3.05) is 18.7 Å². The molecule has 0 aliphatic carbocycles. The van der Waals surface area contributed by atoms with E-state index in [0.29, 0.717) is 41.6 Å². The number of anilines is 1. The van der Waals surface area contributed by atoms with Crippen molar-refractivity contribution in [2.45, 2.75) is 31.7 Å². The summed E-state index contributed by atoms with van der Waals surface area (Å²) in [6.07, 6.45) is 2.91. The minimum atomic E-state index is -0.340. The normalized spacial score (nSPS) is 16.9. The van der Waals surface area contributed by atoms with Crippen molar-refractivity contribution in [2.24, 2.45) is 0 Å². The predicted octanol–water partition coefficient (Wildman–Crippen LogP) is 3.82. The Morgan fingerprint density at radius 2 is 1.94 bits per heavy atom. The van der Waals surface area contributed by atoms with Gasteiger partial charge >= 0.3 is 0 Å². The van der Waals surface area contributed by atoms with Gasteiger partial charge in [0.2, 0.25) is 17.7 Å². The second kappa shape index (κ2) is 8.96. The molecule has 0 radical (unpaired) electrons. The van der Waals surface area contributed by atoms with Gasteiger partial charge in [0, 0.05) is 24.7 Å². The Morgan fingerprint density at radius 3 is 2.81 bits per heavy atom. The molecule has 3 aromatic rings. The summed E-state index contributed by atoms with van der Waals surface area (Å²) in [4.78, 5) is 27.4. The summed E-state index contributed by atoms with van der Waals surface area (Å²) in [6, 6.07) is 15.1. The number of nitrogens with one attached hydrogen (secondary N) is 1. The molecule has 2 amide bonds. The van der Waals surface area contributed by atoms with Gasteiger partial charge in [0.15, 0.2) is 11.5 Å². The fraction of sp³-hybridized carbons (Fsp3) is 0.304. The number of hydrogen-bond acceptors (Lipinski definition) is 7. The first-order valence-electron chi connectivity index (χ1n) is 10.6. The van der Waals surface area contributed by atoms with Crippen molar-refractivity contribution < 1.29 is 19.1 Å². The predicted molar refractivity (Wildman–Crippen MR) is 119 cm³/mol. The Balaban J connectivity index is 1.23. The molecule has 0 spiro atoms. The summed E-state index contributed by atoms with van der Waals surface area (Å²) in [7, 11) is 0. The zero-order valence-corrected chi connectivity index (χ0v) is 18.1. The number of fused-ring (bicyclic) bond motifs is 1. The number of hydrogen-bond donors (Lipinski definition) is 1. The van der Waals surface area contributed by atoms with Gasteiger partial charge in [-0.2, -0.15) is 0 Å². The standard InChI is InChI=1S/C23H22N4O4S/c28-20(11-8-15-5-2-1-3-6-15)27-12-4-7-17(27)22-25-26-23(32-22)21(29)24-16-9-10-18-19(13-16)31-14-30-18/h1-3,5-6,9-10,13,17H,4,7-8,11-12,14H2,(H,24,29). The van der Waals surface area contributed by atoms with Crippen LogP contribution < -0.4 is 14.8 Å². The second-order valence-electron chi connectivity index (χ2n) is 7.70. The number of carbonyl (C=O) groups excluding carboxylic acids is 2. The van der Waals surface area contributed by atoms with Crippen molar-refractivity contribution in [1.82, 2.24) is 15.1 Å². The highest BCUT2D eigenvalue weighted by atomic mass is 32.1. The molecule has 2 aliphatic rings. The molecule has 1 atom stereocenters. The molecular weight excluding hydrogens is 428 g/mol. The number of carbonyl (C=O) groups is 2. The summed E-state index contributed by atoms with van der Waals surface area (Å²) in [5, 5.41) is 12.1. The molecule has 0 saturated carbocycles. The summed E-state index contributed by atoms with van der Waals surface area (Å²) < 4.78 is 10.6. The maximum absolute atomic E-state index is 12.9. The average Bonchev–Trinajstić information content (AvgIpc) is 3.57. The van der Waals surface area contributed by atoms with Gasteiger partial charge in [-0.25, -0.2) is 0 Å². The summed E-state index contributed by atoms with van der Waals surface area (Å²) in [5.41, 5.74) is 1.74. The maximum Gasteiger partial charge on any atom is 0.286 e. The van der Waals surface area contributed by atoms with Crippen molar-refractivity contribution >= 4 is 28.8 Å². The minimum absolute atomic E-state index is 0.109. The molecule has 8 nitrogen and oxygen atoms in total. The lowest BCUT2D eigenvalue weighted by atomic mass is 10.1. The third-order valence-electron chi connectivity index (χ3n) is 5.59. The number of likely N-dealkylation sites (tertiary alicyclic amines) is 1. The van der Waals surface area contributed by atoms with Crippen LogP contribution in [0.25, 0.3) is 0 Å². The van der Waals surface area contributed by atoms with E-state index in [1.807, 2.05) is 35.2 Å². The molecule has 2 aromatic carbocycles. The Bertz CT molecular complexity index is 1130. The lowest BCUT2D eigenvalue weighted by Gasteiger charge is -2.22. The number of aromatic nitrogens is 2. The molecule has 1 unspecified atom stereocenters. The van der Waals surface area contributed by atoms with E-state index in [4.69, 9.17) is 9.47 Å². The first-order chi connectivity index (χ1) is 15.7. The van der Waals surface area contributed by atoms with Crippen LogP contribution in [0.4, 0.5) is 5.69 Å². The Kier molecular flexibility index (Phi) is 5.72. The number of aryl methyl sites for hydroxylation is 1. The number of rotatable bonds is 6. The van der Waals surface area contributed by atoms with Crippen molar-refractivity contribution in [3.8, 4) is 11.5 Å². The van der Waals surface area contributed by atoms with Gasteiger partial charge in [0.1, 0.15) is 5.01 Å². The molecule has 1 aromatic heterocycles. The minimum Gasteiger partial charge on any atom is -0.454 e. The van der Waals surface area contributed by atoms with E-state index < -0.39 is 0 Å². The fourth-order valence-corrected chi connectivity index (χ4v) is 4.87. The van der Waals surface area contributed by atoms with E-state index in [0.717, 1.165) is 18.4 Å². The van der Waals surface area contributed by atoms with Crippen LogP contribution in [0, 0.1) is 0 Å². The van der Waals surface area contributed by atoms with Gasteiger partial charge in [0.05, 0.1) is 6.04 Å². The Hall–Kier alpha value is -3.46. The zero-order chi connectivity index (χ0) is 21.9. The third-order valence-corrected chi connectivity index (χ3v) is 6.62. The second-order valence-corrected chi connectivity index (χ2v) is 8.71. The van der Waals surface area contributed by atoms with Gasteiger partial charge in [-0.1, -0.05) is 41.7 Å². The van der Waals surface area contributed by atoms with E-state index in [9.17, 15) is 9.59 Å². The van der Waals surface area contributed by atoms with Gasteiger partial charge in [-0.3, -0.25) is 9.59 Å². The van der Waals surface area contributed by atoms with Crippen LogP contribution in [0.5, 0.6) is 11.5 Å². The van der Waals surface area contributed by atoms with Crippen LogP contribution in [0.3, 0.4) is 0 Å². The quantitative estimate of drug-likeness (QED) is 0.614. The molecule has 1 fully saturated rings. The summed E-state index contributed by atoms with van der Waals surface area (Å²) in [6.45, 7) is 0.880. The molecular formula is C23H22N4O4S. The van der Waals surface area contributed by atoms with Crippen LogP contribution in [0.2, 0.25) is 0 Å². The summed E-state index contributed by atoms with van der Waals surface area (Å²) >= 11 is 1.23. The maximum atomic E-state index is 12.9. The number of benzene rings is 2. The van der Waals surface area contributed by atoms with E-state index in [1.165, 1.54) is 11.3 Å². The highest BCUT2D eigenvalue weighted by molar-refractivity contribution is 7.13. The molecule has 2 aliphatic heterocycles. The number of amides is 2. The monoisotopic (exact) mass is 450 g/mol. The first-order valence-corrected chi connectivity index (χ1v) is 11.4. The number of nitrogens with zero attached hydrogens (tertiary/aromatic N) is 3. The van der Waals surface area contributed by atoms with Crippen molar-refractivity contribution in [3.63, 3.8) is 0 Å². The highest BCUT2D eigenvalue weighted by Gasteiger charge is 2.33. The van der Waals surface area contributed by atoms with Crippen LogP contribution in [0.15, 0.2) is 48.5 Å². The molecule has 5 rings (SSSR count). The smallest absolute Gasteiger partial charge is 0.286 e. The molecule has 1 saturated heterocycles. The molecule has 3 heterocycles. The van der Waals surface area contributed by atoms with Gasteiger partial charge in [-0.05, 0) is 37.0 Å². The van der Waals surface area contributed by atoms with Crippen LogP contribution in [-0.2, 0) is 11.2 Å². The molecule has 0 bridgehead atoms. The van der Waals surface area contributed by atoms with E-state index in [-0.39, 0.29) is 29.7 Å². The van der Waals surface area contributed by atoms with Crippen LogP contribution >= 0.6 is 11.3 Å². The topological polar surface area (TPSA) is 93.7 Å². The highest BCUT2D eigenvalue weighted by Crippen LogP contribution is 2.36.